The van der Waals surface area contributed by atoms with Gasteiger partial charge in [-0.2, -0.15) is 0 Å². The first-order valence-corrected chi connectivity index (χ1v) is 11.4. The van der Waals surface area contributed by atoms with Crippen LogP contribution in [0.25, 0.3) is 0 Å². The van der Waals surface area contributed by atoms with Crippen molar-refractivity contribution in [2.24, 2.45) is 0 Å². The Labute approximate surface area is 194 Å². The molecule has 8 heteroatoms. The number of halogens is 1. The minimum absolute atomic E-state index is 0.0476. The Morgan fingerprint density at radius 3 is 2.47 bits per heavy atom. The van der Waals surface area contributed by atoms with Gasteiger partial charge in [0.1, 0.15) is 0 Å². The molecule has 1 heterocycles. The predicted molar refractivity (Wildman–Crippen MR) is 126 cm³/mol. The van der Waals surface area contributed by atoms with Crippen LogP contribution in [-0.2, 0) is 4.79 Å². The Hall–Kier alpha value is -2.93. The number of anilines is 1. The number of nitrogens with zero attached hydrogens (tertiary/aromatic N) is 2. The van der Waals surface area contributed by atoms with Crippen molar-refractivity contribution >= 4 is 29.1 Å². The van der Waals surface area contributed by atoms with Crippen LogP contribution >= 0.6 is 11.6 Å². The lowest BCUT2D eigenvalue weighted by Gasteiger charge is -2.36. The smallest absolute Gasteiger partial charge is 0.251 e. The van der Waals surface area contributed by atoms with Gasteiger partial charge in [-0.1, -0.05) is 24.6 Å². The second-order valence-corrected chi connectivity index (χ2v) is 7.91. The van der Waals surface area contributed by atoms with Crippen LogP contribution in [-0.4, -0.2) is 62.7 Å². The Bertz CT molecular complexity index is 929. The number of nitrogens with one attached hydrogen (secondary N) is 1. The largest absolute Gasteiger partial charge is 0.490 e. The Balaban J connectivity index is 1.51. The molecule has 0 aliphatic carbocycles. The van der Waals surface area contributed by atoms with Gasteiger partial charge in [-0.15, -0.1) is 0 Å². The SMILES string of the molecule is CCCOc1ccc(C(=O)NCC(=O)N2CCN(c3cccc(Cl)c3)CC2)cc1OCC. The summed E-state index contributed by atoms with van der Waals surface area (Å²) in [6.45, 7) is 7.52. The highest BCUT2D eigenvalue weighted by Gasteiger charge is 2.22. The molecule has 2 aromatic carbocycles. The molecule has 0 radical (unpaired) electrons. The number of ether oxygens (including phenoxy) is 2. The van der Waals surface area contributed by atoms with E-state index in [2.05, 4.69) is 10.2 Å². The molecule has 3 rings (SSSR count). The highest BCUT2D eigenvalue weighted by Crippen LogP contribution is 2.28. The summed E-state index contributed by atoms with van der Waals surface area (Å²) in [6, 6.07) is 12.8. The molecule has 2 amide bonds. The van der Waals surface area contributed by atoms with Crippen LogP contribution in [0.3, 0.4) is 0 Å². The van der Waals surface area contributed by atoms with Gasteiger partial charge in [-0.05, 0) is 49.7 Å². The molecular formula is C24H30ClN3O4. The van der Waals surface area contributed by atoms with Gasteiger partial charge < -0.3 is 24.6 Å². The summed E-state index contributed by atoms with van der Waals surface area (Å²) in [6.07, 6.45) is 0.878. The van der Waals surface area contributed by atoms with Gasteiger partial charge in [0, 0.05) is 42.5 Å². The Morgan fingerprint density at radius 1 is 1.00 bits per heavy atom. The van der Waals surface area contributed by atoms with Crippen molar-refractivity contribution in [2.75, 3.05) is 50.8 Å². The molecule has 0 bridgehead atoms. The van der Waals surface area contributed by atoms with Crippen molar-refractivity contribution in [1.29, 1.82) is 0 Å². The van der Waals surface area contributed by atoms with Crippen molar-refractivity contribution in [2.45, 2.75) is 20.3 Å². The fraction of sp³-hybridized carbons (Fsp3) is 0.417. The Morgan fingerprint density at radius 2 is 1.78 bits per heavy atom. The van der Waals surface area contributed by atoms with Gasteiger partial charge in [-0.25, -0.2) is 0 Å². The quantitative estimate of drug-likeness (QED) is 0.620. The van der Waals surface area contributed by atoms with Crippen molar-refractivity contribution in [3.8, 4) is 11.5 Å². The monoisotopic (exact) mass is 459 g/mol. The minimum Gasteiger partial charge on any atom is -0.490 e. The summed E-state index contributed by atoms with van der Waals surface area (Å²) in [7, 11) is 0. The van der Waals surface area contributed by atoms with Gasteiger partial charge in [0.15, 0.2) is 11.5 Å². The molecule has 0 unspecified atom stereocenters. The van der Waals surface area contributed by atoms with E-state index >= 15 is 0 Å². The maximum absolute atomic E-state index is 12.6. The van der Waals surface area contributed by atoms with Crippen LogP contribution in [0.15, 0.2) is 42.5 Å². The molecule has 0 atom stereocenters. The van der Waals surface area contributed by atoms with Crippen LogP contribution in [0.5, 0.6) is 11.5 Å². The molecular weight excluding hydrogens is 430 g/mol. The second-order valence-electron chi connectivity index (χ2n) is 7.47. The van der Waals surface area contributed by atoms with E-state index in [4.69, 9.17) is 21.1 Å². The normalized spacial score (nSPS) is 13.6. The van der Waals surface area contributed by atoms with E-state index in [1.165, 1.54) is 0 Å². The second kappa shape index (κ2) is 11.6. The third kappa shape index (κ3) is 6.29. The lowest BCUT2D eigenvalue weighted by Crippen LogP contribution is -2.51. The van der Waals surface area contributed by atoms with Gasteiger partial charge in [0.05, 0.1) is 19.8 Å². The summed E-state index contributed by atoms with van der Waals surface area (Å²) in [5, 5.41) is 3.42. The number of carbonyl (C=O) groups is 2. The minimum atomic E-state index is -0.320. The third-order valence-electron chi connectivity index (χ3n) is 5.17. The summed E-state index contributed by atoms with van der Waals surface area (Å²) in [4.78, 5) is 29.2. The first kappa shape index (κ1) is 23.7. The van der Waals surface area contributed by atoms with Crippen molar-refractivity contribution in [1.82, 2.24) is 10.2 Å². The predicted octanol–water partition coefficient (Wildman–Crippen LogP) is 3.61. The summed E-state index contributed by atoms with van der Waals surface area (Å²) >= 11 is 6.08. The summed E-state index contributed by atoms with van der Waals surface area (Å²) in [5.41, 5.74) is 1.48. The molecule has 1 fully saturated rings. The first-order chi connectivity index (χ1) is 15.5. The average Bonchev–Trinajstić information content (AvgIpc) is 2.81. The molecule has 0 aromatic heterocycles. The Kier molecular flexibility index (Phi) is 8.62. The van der Waals surface area contributed by atoms with Crippen molar-refractivity contribution in [3.05, 3.63) is 53.1 Å². The highest BCUT2D eigenvalue weighted by atomic mass is 35.5. The third-order valence-corrected chi connectivity index (χ3v) is 5.41. The maximum Gasteiger partial charge on any atom is 0.251 e. The molecule has 172 valence electrons. The van der Waals surface area contributed by atoms with Gasteiger partial charge in [0.25, 0.3) is 5.91 Å². The van der Waals surface area contributed by atoms with Gasteiger partial charge >= 0.3 is 0 Å². The number of benzene rings is 2. The maximum atomic E-state index is 12.6. The molecule has 1 saturated heterocycles. The number of rotatable bonds is 9. The highest BCUT2D eigenvalue weighted by molar-refractivity contribution is 6.30. The molecule has 7 nitrogen and oxygen atoms in total. The molecule has 1 N–H and O–H groups in total. The zero-order valence-electron chi connectivity index (χ0n) is 18.6. The van der Waals surface area contributed by atoms with E-state index < -0.39 is 0 Å². The van der Waals surface area contributed by atoms with Crippen LogP contribution < -0.4 is 19.7 Å². The number of hydrogen-bond acceptors (Lipinski definition) is 5. The van der Waals surface area contributed by atoms with Crippen LogP contribution in [0, 0.1) is 0 Å². The van der Waals surface area contributed by atoms with E-state index in [1.54, 1.807) is 23.1 Å². The fourth-order valence-electron chi connectivity index (χ4n) is 3.51. The van der Waals surface area contributed by atoms with Crippen LogP contribution in [0.4, 0.5) is 5.69 Å². The number of hydrogen-bond donors (Lipinski definition) is 1. The standard InChI is InChI=1S/C24H30ClN3O4/c1-3-14-32-21-9-8-18(15-22(21)31-4-2)24(30)26-17-23(29)28-12-10-27(11-13-28)20-7-5-6-19(25)16-20/h5-9,15-16H,3-4,10-14,17H2,1-2H3,(H,26,30). The van der Waals surface area contributed by atoms with E-state index in [9.17, 15) is 9.59 Å². The van der Waals surface area contributed by atoms with E-state index in [0.717, 1.165) is 25.2 Å². The molecule has 32 heavy (non-hydrogen) atoms. The van der Waals surface area contributed by atoms with Crippen LogP contribution in [0.1, 0.15) is 30.6 Å². The molecule has 1 aliphatic heterocycles. The van der Waals surface area contributed by atoms with E-state index in [1.807, 2.05) is 38.1 Å². The number of amides is 2. The van der Waals surface area contributed by atoms with Crippen molar-refractivity contribution < 1.29 is 19.1 Å². The summed E-state index contributed by atoms with van der Waals surface area (Å²) in [5.74, 6) is 0.715. The first-order valence-electron chi connectivity index (χ1n) is 11.0. The number of carbonyl (C=O) groups excluding carboxylic acids is 2. The lowest BCUT2D eigenvalue weighted by molar-refractivity contribution is -0.130. The number of piperazine rings is 1. The van der Waals surface area contributed by atoms with Gasteiger partial charge in [-0.3, -0.25) is 9.59 Å². The average molecular weight is 460 g/mol. The van der Waals surface area contributed by atoms with E-state index in [-0.39, 0.29) is 18.4 Å². The fourth-order valence-corrected chi connectivity index (χ4v) is 3.69. The van der Waals surface area contributed by atoms with Crippen LogP contribution in [0.2, 0.25) is 5.02 Å². The van der Waals surface area contributed by atoms with Crippen molar-refractivity contribution in [3.63, 3.8) is 0 Å². The molecule has 2 aromatic rings. The topological polar surface area (TPSA) is 71.1 Å². The zero-order chi connectivity index (χ0) is 22.9. The molecule has 1 aliphatic rings. The van der Waals surface area contributed by atoms with E-state index in [0.29, 0.717) is 48.4 Å². The zero-order valence-corrected chi connectivity index (χ0v) is 19.4. The summed E-state index contributed by atoms with van der Waals surface area (Å²) < 4.78 is 11.3. The lowest BCUT2D eigenvalue weighted by atomic mass is 10.2. The molecule has 0 saturated carbocycles. The molecule has 0 spiro atoms. The van der Waals surface area contributed by atoms with Gasteiger partial charge in [0.2, 0.25) is 5.91 Å².